The Bertz CT molecular complexity index is 1150. The lowest BCUT2D eigenvalue weighted by Crippen LogP contribution is -2.40. The van der Waals surface area contributed by atoms with Crippen LogP contribution in [0.5, 0.6) is 5.75 Å². The van der Waals surface area contributed by atoms with E-state index < -0.39 is 0 Å². The Kier molecular flexibility index (Phi) is 6.83. The van der Waals surface area contributed by atoms with Gasteiger partial charge in [-0.15, -0.1) is 5.10 Å². The number of pyridine rings is 1. The number of hydrogen-bond acceptors (Lipinski definition) is 6. The summed E-state index contributed by atoms with van der Waals surface area (Å²) in [6.45, 7) is 9.25. The molecule has 4 rings (SSSR count). The molecule has 1 fully saturated rings. The van der Waals surface area contributed by atoms with Crippen molar-refractivity contribution in [2.45, 2.75) is 90.4 Å². The number of tetrazole rings is 1. The van der Waals surface area contributed by atoms with Crippen molar-refractivity contribution in [3.05, 3.63) is 46.0 Å². The second-order valence-electron chi connectivity index (χ2n) is 9.73. The van der Waals surface area contributed by atoms with Gasteiger partial charge in [-0.05, 0) is 73.5 Å². The molecule has 1 unspecified atom stereocenters. The average Bonchev–Trinajstić information content (AvgIpc) is 3.52. The van der Waals surface area contributed by atoms with Crippen molar-refractivity contribution in [2.75, 3.05) is 7.11 Å². The highest BCUT2D eigenvalue weighted by Crippen LogP contribution is 2.35. The number of benzene rings is 1. The zero-order chi connectivity index (χ0) is 23.6. The van der Waals surface area contributed by atoms with E-state index in [9.17, 15) is 4.79 Å². The van der Waals surface area contributed by atoms with E-state index >= 15 is 0 Å². The first-order valence-corrected chi connectivity index (χ1v) is 12.1. The van der Waals surface area contributed by atoms with E-state index in [1.807, 2.05) is 28.9 Å². The van der Waals surface area contributed by atoms with Gasteiger partial charge in [-0.2, -0.15) is 0 Å². The smallest absolute Gasteiger partial charge is 0.252 e. The molecule has 0 spiro atoms. The molecule has 3 aromatic rings. The van der Waals surface area contributed by atoms with Gasteiger partial charge in [0.25, 0.3) is 5.56 Å². The molecular formula is C25H36N6O2. The van der Waals surface area contributed by atoms with Gasteiger partial charge in [-0.3, -0.25) is 9.69 Å². The molecule has 8 heteroatoms. The minimum Gasteiger partial charge on any atom is -0.497 e. The van der Waals surface area contributed by atoms with Gasteiger partial charge in [-0.25, -0.2) is 4.68 Å². The molecule has 33 heavy (non-hydrogen) atoms. The van der Waals surface area contributed by atoms with E-state index in [4.69, 9.17) is 4.74 Å². The van der Waals surface area contributed by atoms with Crippen LogP contribution in [0.15, 0.2) is 29.1 Å². The number of aromatic amines is 1. The molecular weight excluding hydrogens is 416 g/mol. The number of aromatic nitrogens is 5. The predicted molar refractivity (Wildman–Crippen MR) is 129 cm³/mol. The Morgan fingerprint density at radius 1 is 1.24 bits per heavy atom. The highest BCUT2D eigenvalue weighted by molar-refractivity contribution is 5.80. The molecule has 0 radical (unpaired) electrons. The fourth-order valence-corrected chi connectivity index (χ4v) is 4.94. The second kappa shape index (κ2) is 9.63. The van der Waals surface area contributed by atoms with Crippen LogP contribution in [0, 0.1) is 0 Å². The lowest BCUT2D eigenvalue weighted by molar-refractivity contribution is 0.106. The summed E-state index contributed by atoms with van der Waals surface area (Å²) in [5, 5.41) is 13.9. The third kappa shape index (κ3) is 4.67. The summed E-state index contributed by atoms with van der Waals surface area (Å²) in [5.74, 6) is 1.62. The summed E-state index contributed by atoms with van der Waals surface area (Å²) < 4.78 is 7.29. The number of methoxy groups -OCH3 is 1. The third-order valence-electron chi connectivity index (χ3n) is 7.29. The summed E-state index contributed by atoms with van der Waals surface area (Å²) in [6, 6.07) is 8.26. The highest BCUT2D eigenvalue weighted by Gasteiger charge is 2.35. The molecule has 1 aliphatic carbocycles. The Morgan fingerprint density at radius 2 is 2.00 bits per heavy atom. The number of hydrogen-bond donors (Lipinski definition) is 1. The van der Waals surface area contributed by atoms with Crippen molar-refractivity contribution in [1.82, 2.24) is 30.1 Å². The molecule has 178 valence electrons. The fraction of sp³-hybridized carbons (Fsp3) is 0.600. The van der Waals surface area contributed by atoms with Crippen LogP contribution in [0.2, 0.25) is 0 Å². The Hall–Kier alpha value is -2.74. The van der Waals surface area contributed by atoms with Crippen molar-refractivity contribution in [2.24, 2.45) is 0 Å². The molecule has 2 aromatic heterocycles. The van der Waals surface area contributed by atoms with E-state index in [1.54, 1.807) is 7.11 Å². The first-order chi connectivity index (χ1) is 15.9. The fourth-order valence-electron chi connectivity index (χ4n) is 4.94. The van der Waals surface area contributed by atoms with Crippen LogP contribution in [0.1, 0.15) is 83.6 Å². The van der Waals surface area contributed by atoms with Crippen molar-refractivity contribution in [3.63, 3.8) is 0 Å². The van der Waals surface area contributed by atoms with E-state index in [2.05, 4.69) is 53.1 Å². The molecule has 0 saturated heterocycles. The molecule has 0 aliphatic heterocycles. The number of rotatable bonds is 9. The van der Waals surface area contributed by atoms with Gasteiger partial charge >= 0.3 is 0 Å². The van der Waals surface area contributed by atoms with Crippen molar-refractivity contribution < 1.29 is 4.74 Å². The summed E-state index contributed by atoms with van der Waals surface area (Å²) in [5.41, 5.74) is 1.33. The summed E-state index contributed by atoms with van der Waals surface area (Å²) in [7, 11) is 1.63. The zero-order valence-corrected chi connectivity index (χ0v) is 20.5. The van der Waals surface area contributed by atoms with E-state index in [0.29, 0.717) is 12.6 Å². The van der Waals surface area contributed by atoms with Gasteiger partial charge < -0.3 is 9.72 Å². The van der Waals surface area contributed by atoms with E-state index in [1.165, 1.54) is 12.8 Å². The standard InChI is InChI=1S/C25H36N6O2/c1-6-22(23-27-28-29-31(23)25(3,4)7-2)30(19-10-8-9-11-19)16-18-14-17-12-13-20(33-5)15-21(17)26-24(18)32/h12-15,19,22H,6-11,16H2,1-5H3,(H,26,32). The molecule has 1 saturated carbocycles. The maximum absolute atomic E-state index is 13.1. The highest BCUT2D eigenvalue weighted by atomic mass is 16.5. The first kappa shape index (κ1) is 23.4. The Morgan fingerprint density at radius 3 is 2.67 bits per heavy atom. The molecule has 1 aliphatic rings. The van der Waals surface area contributed by atoms with Gasteiger partial charge in [0.2, 0.25) is 0 Å². The van der Waals surface area contributed by atoms with Crippen LogP contribution in [0.4, 0.5) is 0 Å². The molecule has 2 heterocycles. The molecule has 0 amide bonds. The summed E-state index contributed by atoms with van der Waals surface area (Å²) in [4.78, 5) is 18.6. The lowest BCUT2D eigenvalue weighted by Gasteiger charge is -2.36. The van der Waals surface area contributed by atoms with E-state index in [-0.39, 0.29) is 17.1 Å². The second-order valence-corrected chi connectivity index (χ2v) is 9.73. The number of fused-ring (bicyclic) bond motifs is 1. The van der Waals surface area contributed by atoms with Crippen LogP contribution >= 0.6 is 0 Å². The predicted octanol–water partition coefficient (Wildman–Crippen LogP) is 4.56. The van der Waals surface area contributed by atoms with E-state index in [0.717, 1.165) is 53.7 Å². The van der Waals surface area contributed by atoms with Gasteiger partial charge in [0, 0.05) is 24.2 Å². The zero-order valence-electron chi connectivity index (χ0n) is 20.5. The van der Waals surface area contributed by atoms with Gasteiger partial charge in [-0.1, -0.05) is 26.7 Å². The lowest BCUT2D eigenvalue weighted by atomic mass is 10.00. The minimum atomic E-state index is -0.174. The van der Waals surface area contributed by atoms with Gasteiger partial charge in [0.05, 0.1) is 24.2 Å². The topological polar surface area (TPSA) is 88.9 Å². The molecule has 8 nitrogen and oxygen atoms in total. The molecule has 1 atom stereocenters. The maximum atomic E-state index is 13.1. The van der Waals surface area contributed by atoms with Crippen molar-refractivity contribution >= 4 is 10.9 Å². The Balaban J connectivity index is 1.74. The number of ether oxygens (including phenoxy) is 1. The third-order valence-corrected chi connectivity index (χ3v) is 7.29. The van der Waals surface area contributed by atoms with Crippen molar-refractivity contribution in [1.29, 1.82) is 0 Å². The largest absolute Gasteiger partial charge is 0.497 e. The van der Waals surface area contributed by atoms with Crippen LogP contribution in [0.3, 0.4) is 0 Å². The quantitative estimate of drug-likeness (QED) is 0.512. The average molecular weight is 453 g/mol. The summed E-state index contributed by atoms with van der Waals surface area (Å²) in [6.07, 6.45) is 6.52. The maximum Gasteiger partial charge on any atom is 0.252 e. The molecule has 0 bridgehead atoms. The van der Waals surface area contributed by atoms with Gasteiger partial charge in [0.1, 0.15) is 5.75 Å². The SMILES string of the molecule is CCC(c1nnnn1C(C)(C)CC)N(Cc1cc2ccc(OC)cc2[nH]c1=O)C1CCCC1. The minimum absolute atomic E-state index is 0.0416. The summed E-state index contributed by atoms with van der Waals surface area (Å²) >= 11 is 0. The molecule has 1 N–H and O–H groups in total. The van der Waals surface area contributed by atoms with Crippen LogP contribution in [-0.4, -0.2) is 43.2 Å². The van der Waals surface area contributed by atoms with Crippen LogP contribution < -0.4 is 10.3 Å². The van der Waals surface area contributed by atoms with Crippen LogP contribution in [-0.2, 0) is 12.1 Å². The number of nitrogens with zero attached hydrogens (tertiary/aromatic N) is 5. The molecule has 1 aromatic carbocycles. The van der Waals surface area contributed by atoms with Gasteiger partial charge in [0.15, 0.2) is 5.82 Å². The monoisotopic (exact) mass is 452 g/mol. The van der Waals surface area contributed by atoms with Crippen molar-refractivity contribution in [3.8, 4) is 5.75 Å². The normalized spacial score (nSPS) is 16.1. The number of H-pyrrole nitrogens is 1. The number of nitrogens with one attached hydrogen (secondary N) is 1. The first-order valence-electron chi connectivity index (χ1n) is 12.1. The van der Waals surface area contributed by atoms with Crippen LogP contribution in [0.25, 0.3) is 10.9 Å². The Labute approximate surface area is 195 Å².